The van der Waals surface area contributed by atoms with Crippen molar-refractivity contribution in [2.45, 2.75) is 13.1 Å². The Morgan fingerprint density at radius 3 is 2.00 bits per heavy atom. The maximum absolute atomic E-state index is 8.80. The third kappa shape index (κ3) is 1.31. The van der Waals surface area contributed by atoms with E-state index in [1.807, 2.05) is 0 Å². The van der Waals surface area contributed by atoms with Crippen LogP contribution in [0.25, 0.3) is 0 Å². The predicted octanol–water partition coefficient (Wildman–Crippen LogP) is 0.264. The molecule has 2 N–H and O–H groups in total. The van der Waals surface area contributed by atoms with Gasteiger partial charge < -0.3 is 14.6 Å². The van der Waals surface area contributed by atoms with Crippen LogP contribution in [0.15, 0.2) is 16.5 Å². The second-order valence-corrected chi connectivity index (χ2v) is 1.39. The van der Waals surface area contributed by atoms with Crippen molar-refractivity contribution in [1.82, 2.24) is 0 Å². The van der Waals surface area contributed by atoms with Crippen LogP contribution in [0.5, 0.6) is 0 Å². The van der Waals surface area contributed by atoms with Crippen LogP contribution in [0.2, 0.25) is 0 Å². The third-order valence-corrected chi connectivity index (χ3v) is 0.826. The minimum absolute atomic E-state index is 0.444. The van der Waals surface area contributed by atoms with Gasteiger partial charge in [0.05, 0.1) is 5.48 Å². The zero-order valence-corrected chi connectivity index (χ0v) is 4.46. The maximum Gasteiger partial charge on any atom is 0.129 e. The van der Waals surface area contributed by atoms with E-state index in [2.05, 4.69) is 4.42 Å². The molecule has 1 rings (SSSR count). The Morgan fingerprint density at radius 2 is 1.78 bits per heavy atom. The Morgan fingerprint density at radius 1 is 1.33 bits per heavy atom. The summed E-state index contributed by atoms with van der Waals surface area (Å²) in [6.45, 7) is -5.33. The van der Waals surface area contributed by atoms with Gasteiger partial charge in [0.2, 0.25) is 0 Å². The molecule has 0 unspecified atom stereocenters. The van der Waals surface area contributed by atoms with Crippen LogP contribution >= 0.6 is 0 Å². The van der Waals surface area contributed by atoms with E-state index in [0.717, 1.165) is 12.1 Å². The summed E-state index contributed by atoms with van der Waals surface area (Å²) in [4.78, 5) is 0. The fraction of sp³-hybridized carbons (Fsp3) is 0.333. The first-order chi connectivity index (χ1) is 5.71. The fourth-order valence-electron chi connectivity index (χ4n) is 0.458. The standard InChI is InChI=1S/C6H8O3/c7-3-5-1-2-6(4-8)9-5/h1-2,7-8H,3-4H2/i3D2,4D2. The molecule has 3 heteroatoms. The van der Waals surface area contributed by atoms with Crippen LogP contribution in [-0.2, 0) is 13.1 Å². The van der Waals surface area contributed by atoms with Gasteiger partial charge in [0.1, 0.15) is 24.6 Å². The zero-order chi connectivity index (χ0) is 10.3. The van der Waals surface area contributed by atoms with Crippen molar-refractivity contribution >= 4 is 0 Å². The molecule has 0 aromatic carbocycles. The lowest BCUT2D eigenvalue weighted by molar-refractivity contribution is 0.215. The van der Waals surface area contributed by atoms with Gasteiger partial charge in [0.15, 0.2) is 0 Å². The molecule has 3 nitrogen and oxygen atoms in total. The molecular weight excluding hydrogens is 120 g/mol. The average molecular weight is 132 g/mol. The quantitative estimate of drug-likeness (QED) is 0.607. The first-order valence-corrected chi connectivity index (χ1v) is 2.27. The predicted molar refractivity (Wildman–Crippen MR) is 30.6 cm³/mol. The highest BCUT2D eigenvalue weighted by Crippen LogP contribution is 2.06. The van der Waals surface area contributed by atoms with Gasteiger partial charge in [0.25, 0.3) is 0 Å². The lowest BCUT2D eigenvalue weighted by Gasteiger charge is -1.86. The molecule has 0 bridgehead atoms. The van der Waals surface area contributed by atoms with Crippen LogP contribution < -0.4 is 0 Å². The van der Waals surface area contributed by atoms with Crippen LogP contribution in [0.1, 0.15) is 17.0 Å². The van der Waals surface area contributed by atoms with Gasteiger partial charge in [-0.2, -0.15) is 0 Å². The number of aliphatic hydroxyl groups is 2. The molecule has 0 fully saturated rings. The van der Waals surface area contributed by atoms with Crippen molar-refractivity contribution in [2.24, 2.45) is 0 Å². The van der Waals surface area contributed by atoms with Crippen molar-refractivity contribution in [2.75, 3.05) is 0 Å². The first-order valence-electron chi connectivity index (χ1n) is 4.27. The molecule has 0 radical (unpaired) electrons. The molecule has 1 heterocycles. The van der Waals surface area contributed by atoms with E-state index >= 15 is 0 Å². The first kappa shape index (κ1) is 2.86. The molecule has 0 aliphatic carbocycles. The Balaban J connectivity index is 3.01. The SMILES string of the molecule is [2H]C([2H])(O)c1ccc(C([2H])([2H])O)o1. The minimum atomic E-state index is -2.66. The summed E-state index contributed by atoms with van der Waals surface area (Å²) >= 11 is 0. The van der Waals surface area contributed by atoms with Gasteiger partial charge in [0, 0.05) is 0 Å². The largest absolute Gasteiger partial charge is 0.461 e. The fourth-order valence-corrected chi connectivity index (χ4v) is 0.458. The summed E-state index contributed by atoms with van der Waals surface area (Å²) in [5.74, 6) is -0.888. The molecule has 0 atom stereocenters. The van der Waals surface area contributed by atoms with E-state index in [1.165, 1.54) is 0 Å². The second kappa shape index (κ2) is 2.66. The normalized spacial score (nSPS) is 19.8. The second-order valence-electron chi connectivity index (χ2n) is 1.39. The molecule has 0 saturated heterocycles. The van der Waals surface area contributed by atoms with Crippen molar-refractivity contribution in [3.05, 3.63) is 23.7 Å². The number of hydrogen-bond donors (Lipinski definition) is 2. The Hall–Kier alpha value is -0.800. The molecule has 0 spiro atoms. The molecule has 50 valence electrons. The highest BCUT2D eigenvalue weighted by atomic mass is 16.4. The molecule has 0 aliphatic rings. The maximum atomic E-state index is 8.80. The van der Waals surface area contributed by atoms with Crippen LogP contribution in [-0.4, -0.2) is 10.2 Å². The van der Waals surface area contributed by atoms with E-state index in [9.17, 15) is 0 Å². The molecule has 1 aromatic heterocycles. The summed E-state index contributed by atoms with van der Waals surface area (Å²) in [7, 11) is 0. The van der Waals surface area contributed by atoms with Gasteiger partial charge >= 0.3 is 0 Å². The van der Waals surface area contributed by atoms with Gasteiger partial charge in [-0.15, -0.1) is 0 Å². The Labute approximate surface area is 58.2 Å². The van der Waals surface area contributed by atoms with Crippen molar-refractivity contribution in [1.29, 1.82) is 0 Å². The van der Waals surface area contributed by atoms with E-state index in [4.69, 9.17) is 15.7 Å². The monoisotopic (exact) mass is 132 g/mol. The van der Waals surface area contributed by atoms with Gasteiger partial charge in [-0.05, 0) is 12.1 Å². The van der Waals surface area contributed by atoms with Crippen LogP contribution in [0.3, 0.4) is 0 Å². The van der Waals surface area contributed by atoms with Gasteiger partial charge in [-0.1, -0.05) is 0 Å². The summed E-state index contributed by atoms with van der Waals surface area (Å²) in [6, 6.07) is 2.12. The van der Waals surface area contributed by atoms with Crippen molar-refractivity contribution in [3.8, 4) is 0 Å². The molecular formula is C6H8O3. The van der Waals surface area contributed by atoms with Crippen molar-refractivity contribution in [3.63, 3.8) is 0 Å². The lowest BCUT2D eigenvalue weighted by atomic mass is 10.4. The van der Waals surface area contributed by atoms with Gasteiger partial charge in [-0.3, -0.25) is 0 Å². The molecule has 0 aliphatic heterocycles. The zero-order valence-electron chi connectivity index (χ0n) is 8.46. The number of furan rings is 1. The molecule has 9 heavy (non-hydrogen) atoms. The van der Waals surface area contributed by atoms with E-state index in [0.29, 0.717) is 0 Å². The average Bonchev–Trinajstić information content (AvgIpc) is 2.28. The molecule has 0 amide bonds. The van der Waals surface area contributed by atoms with Crippen LogP contribution in [0.4, 0.5) is 0 Å². The summed E-state index contributed by atoms with van der Waals surface area (Å²) in [6.07, 6.45) is 0. The molecule has 0 saturated carbocycles. The highest BCUT2D eigenvalue weighted by Gasteiger charge is 1.96. The number of hydrogen-bond acceptors (Lipinski definition) is 3. The lowest BCUT2D eigenvalue weighted by Crippen LogP contribution is -1.76. The van der Waals surface area contributed by atoms with Crippen molar-refractivity contribution < 1.29 is 20.1 Å². The molecule has 1 aromatic rings. The minimum Gasteiger partial charge on any atom is -0.461 e. The third-order valence-electron chi connectivity index (χ3n) is 0.826. The van der Waals surface area contributed by atoms with E-state index < -0.39 is 24.6 Å². The van der Waals surface area contributed by atoms with Crippen LogP contribution in [0, 0.1) is 0 Å². The smallest absolute Gasteiger partial charge is 0.129 e. The van der Waals surface area contributed by atoms with E-state index in [1.54, 1.807) is 0 Å². The van der Waals surface area contributed by atoms with E-state index in [-0.39, 0.29) is 0 Å². The van der Waals surface area contributed by atoms with Gasteiger partial charge in [-0.25, -0.2) is 0 Å². The summed E-state index contributed by atoms with van der Waals surface area (Å²) in [5.41, 5.74) is 0. The summed E-state index contributed by atoms with van der Waals surface area (Å²) < 4.78 is 31.8. The topological polar surface area (TPSA) is 53.6 Å². The Kier molecular flexibility index (Phi) is 0.844. The summed E-state index contributed by atoms with van der Waals surface area (Å²) in [5, 5.41) is 17.6. The highest BCUT2D eigenvalue weighted by molar-refractivity contribution is 5.04. The Bertz CT molecular complexity index is 267. The number of rotatable bonds is 2.